The van der Waals surface area contributed by atoms with E-state index in [0.717, 1.165) is 4.74 Å². The van der Waals surface area contributed by atoms with Crippen LogP contribution in [-0.4, -0.2) is 43.1 Å². The summed E-state index contributed by atoms with van der Waals surface area (Å²) >= 11 is 6.55. The summed E-state index contributed by atoms with van der Waals surface area (Å²) in [6.45, 7) is 3.89. The highest BCUT2D eigenvalue weighted by atomic mass is 32.2. The molecule has 2 rings (SSSR count). The number of hydrogen-bond donors (Lipinski definition) is 0. The molecular weight excluding hydrogens is 326 g/mol. The van der Waals surface area contributed by atoms with E-state index in [1.54, 1.807) is 0 Å². The summed E-state index contributed by atoms with van der Waals surface area (Å²) in [4.78, 5) is 11.8. The molecular formula is C13H15N3O4S2. The normalized spacial score (nSPS) is 21.8. The second-order valence-corrected chi connectivity index (χ2v) is 6.96. The average molecular weight is 341 g/mol. The standard InChI is InChI=1S/C13H15N3O4S2/c1-13(2)11(22-12(21)14(13)3)15(17)8-4-5-9-6-7-10(20-9)16(18)19/h4-8,11H,1-3H3/b5-4+,15-8+/t11-/m0/s1. The van der Waals surface area contributed by atoms with Gasteiger partial charge in [-0.3, -0.25) is 10.1 Å². The highest BCUT2D eigenvalue weighted by Gasteiger charge is 2.48. The van der Waals surface area contributed by atoms with E-state index in [9.17, 15) is 15.3 Å². The molecule has 0 unspecified atom stereocenters. The van der Waals surface area contributed by atoms with Gasteiger partial charge < -0.3 is 14.5 Å². The van der Waals surface area contributed by atoms with Gasteiger partial charge in [0.15, 0.2) is 6.21 Å². The minimum atomic E-state index is -0.616. The Balaban J connectivity index is 2.11. The van der Waals surface area contributed by atoms with Crippen LogP contribution in [0.4, 0.5) is 5.88 Å². The van der Waals surface area contributed by atoms with Crippen LogP contribution in [0, 0.1) is 15.3 Å². The van der Waals surface area contributed by atoms with Crippen LogP contribution >= 0.6 is 24.0 Å². The Morgan fingerprint density at radius 1 is 1.45 bits per heavy atom. The first-order valence-corrected chi connectivity index (χ1v) is 7.68. The van der Waals surface area contributed by atoms with Crippen molar-refractivity contribution in [3.8, 4) is 0 Å². The zero-order valence-corrected chi connectivity index (χ0v) is 13.9. The van der Waals surface area contributed by atoms with E-state index >= 15 is 0 Å². The molecule has 1 aromatic rings. The van der Waals surface area contributed by atoms with Gasteiger partial charge in [0.25, 0.3) is 0 Å². The fourth-order valence-corrected chi connectivity index (χ4v) is 3.63. The van der Waals surface area contributed by atoms with Crippen LogP contribution in [-0.2, 0) is 0 Å². The van der Waals surface area contributed by atoms with Crippen molar-refractivity contribution in [3.05, 3.63) is 39.3 Å². The summed E-state index contributed by atoms with van der Waals surface area (Å²) < 4.78 is 6.47. The van der Waals surface area contributed by atoms with Gasteiger partial charge in [-0.1, -0.05) is 12.2 Å². The monoisotopic (exact) mass is 341 g/mol. The van der Waals surface area contributed by atoms with Crippen LogP contribution in [0.2, 0.25) is 0 Å². The van der Waals surface area contributed by atoms with Gasteiger partial charge in [0, 0.05) is 13.1 Å². The quantitative estimate of drug-likeness (QED) is 0.208. The second-order valence-electron chi connectivity index (χ2n) is 5.25. The molecule has 0 aromatic carbocycles. The highest BCUT2D eigenvalue weighted by Crippen LogP contribution is 2.38. The summed E-state index contributed by atoms with van der Waals surface area (Å²) in [7, 11) is 1.86. The summed E-state index contributed by atoms with van der Waals surface area (Å²) in [5, 5.41) is 22.4. The number of allylic oxidation sites excluding steroid dienone is 1. The van der Waals surface area contributed by atoms with E-state index in [2.05, 4.69) is 0 Å². The number of hydrogen-bond acceptors (Lipinski definition) is 6. The molecule has 1 aliphatic heterocycles. The Morgan fingerprint density at radius 3 is 2.64 bits per heavy atom. The van der Waals surface area contributed by atoms with Crippen molar-refractivity contribution >= 4 is 46.5 Å². The maximum atomic E-state index is 12.2. The molecule has 118 valence electrons. The summed E-state index contributed by atoms with van der Waals surface area (Å²) in [6.07, 6.45) is 4.34. The zero-order valence-electron chi connectivity index (χ0n) is 12.3. The van der Waals surface area contributed by atoms with Gasteiger partial charge in [-0.15, -0.1) is 0 Å². The van der Waals surface area contributed by atoms with Crippen molar-refractivity contribution in [1.82, 2.24) is 4.90 Å². The van der Waals surface area contributed by atoms with Crippen molar-refractivity contribution < 1.29 is 14.1 Å². The smallest absolute Gasteiger partial charge is 0.433 e. The number of likely N-dealkylation sites (N-methyl/N-ethyl adjacent to an activating group) is 1. The first kappa shape index (κ1) is 16.5. The van der Waals surface area contributed by atoms with Gasteiger partial charge in [0.05, 0.1) is 6.07 Å². The molecule has 0 amide bonds. The van der Waals surface area contributed by atoms with Gasteiger partial charge in [-0.2, -0.15) is 4.74 Å². The van der Waals surface area contributed by atoms with Crippen molar-refractivity contribution in [3.63, 3.8) is 0 Å². The molecule has 0 radical (unpaired) electrons. The van der Waals surface area contributed by atoms with Crippen molar-refractivity contribution in [2.45, 2.75) is 24.8 Å². The Labute approximate surface area is 137 Å². The summed E-state index contributed by atoms with van der Waals surface area (Å²) in [6, 6.07) is 2.73. The third-order valence-corrected chi connectivity index (χ3v) is 5.52. The van der Waals surface area contributed by atoms with Crippen LogP contribution in [0.25, 0.3) is 6.08 Å². The van der Waals surface area contributed by atoms with Crippen LogP contribution in [0.5, 0.6) is 0 Å². The van der Waals surface area contributed by atoms with Gasteiger partial charge in [-0.05, 0) is 37.8 Å². The van der Waals surface area contributed by atoms with Gasteiger partial charge in [0.2, 0.25) is 5.37 Å². The zero-order chi connectivity index (χ0) is 16.5. The lowest BCUT2D eigenvalue weighted by molar-refractivity contribution is -0.480. The largest absolute Gasteiger partial charge is 0.623 e. The maximum Gasteiger partial charge on any atom is 0.433 e. The van der Waals surface area contributed by atoms with Gasteiger partial charge in [-0.25, -0.2) is 0 Å². The van der Waals surface area contributed by atoms with E-state index < -0.39 is 10.5 Å². The van der Waals surface area contributed by atoms with E-state index in [4.69, 9.17) is 16.6 Å². The number of thiocarbonyl (C=S) groups is 1. The molecule has 0 spiro atoms. The van der Waals surface area contributed by atoms with Gasteiger partial charge >= 0.3 is 5.88 Å². The number of nitro groups is 1. The summed E-state index contributed by atoms with van der Waals surface area (Å²) in [5.74, 6) is -0.0274. The van der Waals surface area contributed by atoms with E-state index in [0.29, 0.717) is 10.1 Å². The molecule has 1 fully saturated rings. The molecule has 0 saturated carbocycles. The Hall–Kier alpha value is -1.87. The Bertz CT molecular complexity index is 666. The molecule has 1 atom stereocenters. The first-order chi connectivity index (χ1) is 10.2. The lowest BCUT2D eigenvalue weighted by Crippen LogP contribution is -2.46. The minimum Gasteiger partial charge on any atom is -0.623 e. The van der Waals surface area contributed by atoms with E-state index in [-0.39, 0.29) is 11.3 Å². The maximum absolute atomic E-state index is 12.2. The molecule has 2 heterocycles. The van der Waals surface area contributed by atoms with Crippen LogP contribution < -0.4 is 0 Å². The minimum absolute atomic E-state index is 0.308. The molecule has 0 bridgehead atoms. The van der Waals surface area contributed by atoms with Crippen molar-refractivity contribution in [1.29, 1.82) is 0 Å². The number of thioether (sulfide) groups is 1. The van der Waals surface area contributed by atoms with Crippen LogP contribution in [0.3, 0.4) is 0 Å². The van der Waals surface area contributed by atoms with Crippen molar-refractivity contribution in [2.75, 3.05) is 7.05 Å². The number of rotatable bonds is 4. The lowest BCUT2D eigenvalue weighted by atomic mass is 10.0. The molecule has 1 saturated heterocycles. The molecule has 22 heavy (non-hydrogen) atoms. The molecule has 0 aliphatic carbocycles. The Kier molecular flexibility index (Phi) is 4.57. The lowest BCUT2D eigenvalue weighted by Gasteiger charge is -2.30. The molecule has 7 nitrogen and oxygen atoms in total. The third-order valence-electron chi connectivity index (χ3n) is 3.47. The molecule has 9 heteroatoms. The van der Waals surface area contributed by atoms with E-state index in [1.165, 1.54) is 42.3 Å². The average Bonchev–Trinajstić information content (AvgIpc) is 2.98. The first-order valence-electron chi connectivity index (χ1n) is 6.39. The SMILES string of the molecule is CN1C(=S)S[C@H](/[N+]([O-])=C\C=C\c2ccc([N+](=O)[O-])o2)C1(C)C. The van der Waals surface area contributed by atoms with Crippen LogP contribution in [0.15, 0.2) is 22.6 Å². The molecule has 1 aliphatic rings. The molecule has 1 aromatic heterocycles. The second kappa shape index (κ2) is 6.09. The van der Waals surface area contributed by atoms with Crippen LogP contribution in [0.1, 0.15) is 19.6 Å². The fourth-order valence-electron chi connectivity index (χ4n) is 1.91. The van der Waals surface area contributed by atoms with E-state index in [1.807, 2.05) is 25.8 Å². The summed E-state index contributed by atoms with van der Waals surface area (Å²) in [5.41, 5.74) is -0.392. The number of hydroxylamine groups is 1. The topological polar surface area (TPSA) is 85.6 Å². The molecule has 0 N–H and O–H groups in total. The predicted molar refractivity (Wildman–Crippen MR) is 89.9 cm³/mol. The predicted octanol–water partition coefficient (Wildman–Crippen LogP) is 2.85. The number of furan rings is 1. The third kappa shape index (κ3) is 3.14. The fraction of sp³-hybridized carbons (Fsp3) is 0.385. The van der Waals surface area contributed by atoms with Crippen molar-refractivity contribution in [2.24, 2.45) is 0 Å². The number of nitrogens with zero attached hydrogens (tertiary/aromatic N) is 3. The highest BCUT2D eigenvalue weighted by molar-refractivity contribution is 8.23. The Morgan fingerprint density at radius 2 is 2.14 bits per heavy atom. The van der Waals surface area contributed by atoms with Gasteiger partial charge in [0.1, 0.15) is 20.5 Å².